The van der Waals surface area contributed by atoms with Crippen LogP contribution in [0.2, 0.25) is 0 Å². The highest BCUT2D eigenvalue weighted by Crippen LogP contribution is 1.92. The van der Waals surface area contributed by atoms with Crippen LogP contribution < -0.4 is 5.73 Å². The van der Waals surface area contributed by atoms with Gasteiger partial charge in [0.05, 0.1) is 6.67 Å². The van der Waals surface area contributed by atoms with Crippen molar-refractivity contribution in [2.75, 3.05) is 6.67 Å². The molecule has 7 heteroatoms. The lowest BCUT2D eigenvalue weighted by atomic mass is 10.5. The molecule has 0 saturated heterocycles. The minimum atomic E-state index is -0.404. The van der Waals surface area contributed by atoms with Crippen molar-refractivity contribution >= 4 is 5.84 Å². The molecule has 72 valence electrons. The first-order valence-corrected chi connectivity index (χ1v) is 3.71. The number of halogens is 1. The molecular weight excluding hydrogens is 177 g/mol. The largest absolute Gasteiger partial charge is 0.409 e. The second-order valence-electron chi connectivity index (χ2n) is 2.36. The Morgan fingerprint density at radius 1 is 1.77 bits per heavy atom. The highest BCUT2D eigenvalue weighted by atomic mass is 19.1. The number of alkyl halides is 1. The molecule has 1 rings (SSSR count). The van der Waals surface area contributed by atoms with E-state index < -0.39 is 6.67 Å². The molecule has 0 aliphatic heterocycles. The monoisotopic (exact) mass is 187 g/mol. The van der Waals surface area contributed by atoms with E-state index in [1.54, 1.807) is 0 Å². The smallest absolute Gasteiger partial charge is 0.219 e. The van der Waals surface area contributed by atoms with Crippen LogP contribution in [0, 0.1) is 0 Å². The molecule has 0 radical (unpaired) electrons. The third-order valence-electron chi connectivity index (χ3n) is 1.39. The molecule has 0 spiro atoms. The van der Waals surface area contributed by atoms with E-state index in [1.165, 1.54) is 11.0 Å². The summed E-state index contributed by atoms with van der Waals surface area (Å²) in [5, 5.41) is 14.9. The first-order valence-electron chi connectivity index (χ1n) is 3.71. The Morgan fingerprint density at radius 3 is 3.15 bits per heavy atom. The molecule has 13 heavy (non-hydrogen) atoms. The van der Waals surface area contributed by atoms with Crippen molar-refractivity contribution in [2.24, 2.45) is 10.9 Å². The Labute approximate surface area is 73.9 Å². The number of aromatic nitrogens is 3. The lowest BCUT2D eigenvalue weighted by Crippen LogP contribution is -2.15. The van der Waals surface area contributed by atoms with Gasteiger partial charge in [0, 0.05) is 6.54 Å². The van der Waals surface area contributed by atoms with E-state index in [1.807, 2.05) is 0 Å². The van der Waals surface area contributed by atoms with Gasteiger partial charge < -0.3 is 10.9 Å². The summed E-state index contributed by atoms with van der Waals surface area (Å²) in [6.45, 7) is 0.0287. The van der Waals surface area contributed by atoms with Crippen LogP contribution in [-0.4, -0.2) is 32.5 Å². The van der Waals surface area contributed by atoms with Crippen molar-refractivity contribution in [3.63, 3.8) is 0 Å². The number of nitrogens with two attached hydrogens (primary N) is 1. The number of aryl methyl sites for hydroxylation is 1. The summed E-state index contributed by atoms with van der Waals surface area (Å²) in [7, 11) is 0. The number of hydrogen-bond donors (Lipinski definition) is 2. The molecule has 3 N–H and O–H groups in total. The van der Waals surface area contributed by atoms with E-state index in [0.717, 1.165) is 0 Å². The minimum absolute atomic E-state index is 0.140. The molecule has 1 aromatic rings. The number of oxime groups is 1. The van der Waals surface area contributed by atoms with Crippen LogP contribution in [0.4, 0.5) is 4.39 Å². The highest BCUT2D eigenvalue weighted by molar-refractivity contribution is 5.93. The molecule has 0 amide bonds. The van der Waals surface area contributed by atoms with Crippen molar-refractivity contribution in [3.05, 3.63) is 12.2 Å². The Hall–Kier alpha value is -1.66. The number of amidine groups is 1. The van der Waals surface area contributed by atoms with E-state index in [4.69, 9.17) is 10.9 Å². The van der Waals surface area contributed by atoms with E-state index in [2.05, 4.69) is 15.2 Å². The fraction of sp³-hybridized carbons (Fsp3) is 0.500. The second kappa shape index (κ2) is 4.39. The van der Waals surface area contributed by atoms with Crippen molar-refractivity contribution < 1.29 is 9.60 Å². The van der Waals surface area contributed by atoms with Gasteiger partial charge in [0.25, 0.3) is 0 Å². The molecule has 0 aromatic carbocycles. The SMILES string of the molecule is NC(=NO)c1ncn(CCCF)n1. The van der Waals surface area contributed by atoms with Crippen LogP contribution in [0.25, 0.3) is 0 Å². The normalized spacial score (nSPS) is 11.9. The van der Waals surface area contributed by atoms with E-state index >= 15 is 0 Å². The van der Waals surface area contributed by atoms with Crippen LogP contribution in [0.1, 0.15) is 12.2 Å². The molecule has 0 fully saturated rings. The van der Waals surface area contributed by atoms with Gasteiger partial charge in [0.1, 0.15) is 6.33 Å². The summed E-state index contributed by atoms with van der Waals surface area (Å²) >= 11 is 0. The lowest BCUT2D eigenvalue weighted by Gasteiger charge is -1.94. The number of nitrogens with zero attached hydrogens (tertiary/aromatic N) is 4. The Kier molecular flexibility index (Phi) is 3.18. The average molecular weight is 187 g/mol. The zero-order chi connectivity index (χ0) is 9.68. The van der Waals surface area contributed by atoms with Gasteiger partial charge in [-0.1, -0.05) is 5.16 Å². The zero-order valence-corrected chi connectivity index (χ0v) is 6.89. The van der Waals surface area contributed by atoms with Crippen molar-refractivity contribution in [3.8, 4) is 0 Å². The van der Waals surface area contributed by atoms with Gasteiger partial charge in [0.15, 0.2) is 0 Å². The number of hydrogen-bond acceptors (Lipinski definition) is 4. The molecule has 0 unspecified atom stereocenters. The first-order chi connectivity index (χ1) is 6.27. The quantitative estimate of drug-likeness (QED) is 0.294. The lowest BCUT2D eigenvalue weighted by molar-refractivity contribution is 0.318. The number of rotatable bonds is 4. The van der Waals surface area contributed by atoms with Crippen LogP contribution in [0.5, 0.6) is 0 Å². The van der Waals surface area contributed by atoms with Gasteiger partial charge >= 0.3 is 0 Å². The van der Waals surface area contributed by atoms with Crippen molar-refractivity contribution in [2.45, 2.75) is 13.0 Å². The Bertz CT molecular complexity index is 297. The summed E-state index contributed by atoms with van der Waals surface area (Å²) in [6.07, 6.45) is 1.78. The molecule has 0 aliphatic carbocycles. The molecular formula is C6H10FN5O. The molecule has 0 atom stereocenters. The molecule has 0 saturated carbocycles. The maximum Gasteiger partial charge on any atom is 0.219 e. The first kappa shape index (κ1) is 9.43. The summed E-state index contributed by atoms with van der Waals surface area (Å²) in [5.74, 6) is -0.0136. The molecule has 1 heterocycles. The van der Waals surface area contributed by atoms with Gasteiger partial charge in [0.2, 0.25) is 11.7 Å². The third-order valence-corrected chi connectivity index (χ3v) is 1.39. The van der Waals surface area contributed by atoms with Crippen LogP contribution in [0.3, 0.4) is 0 Å². The van der Waals surface area contributed by atoms with E-state index in [0.29, 0.717) is 13.0 Å². The van der Waals surface area contributed by atoms with Gasteiger partial charge in [-0.2, -0.15) is 0 Å². The standard InChI is InChI=1S/C6H10FN5O/c7-2-1-3-12-4-9-6(10-12)5(8)11-13/h4,13H,1-3H2,(H2,8,11). The molecule has 0 aliphatic rings. The fourth-order valence-corrected chi connectivity index (χ4v) is 0.786. The van der Waals surface area contributed by atoms with Crippen LogP contribution in [0.15, 0.2) is 11.5 Å². The van der Waals surface area contributed by atoms with E-state index in [-0.39, 0.29) is 11.7 Å². The van der Waals surface area contributed by atoms with Crippen molar-refractivity contribution in [1.29, 1.82) is 0 Å². The third kappa shape index (κ3) is 2.39. The fourth-order valence-electron chi connectivity index (χ4n) is 0.786. The Morgan fingerprint density at radius 2 is 2.54 bits per heavy atom. The maximum atomic E-state index is 11.8. The second-order valence-corrected chi connectivity index (χ2v) is 2.36. The van der Waals surface area contributed by atoms with Crippen LogP contribution >= 0.6 is 0 Å². The average Bonchev–Trinajstić information content (AvgIpc) is 2.62. The topological polar surface area (TPSA) is 89.3 Å². The van der Waals surface area contributed by atoms with E-state index in [9.17, 15) is 4.39 Å². The summed E-state index contributed by atoms with van der Waals surface area (Å²) in [5.41, 5.74) is 5.22. The van der Waals surface area contributed by atoms with Crippen molar-refractivity contribution in [1.82, 2.24) is 14.8 Å². The minimum Gasteiger partial charge on any atom is -0.409 e. The highest BCUT2D eigenvalue weighted by Gasteiger charge is 2.04. The van der Waals surface area contributed by atoms with Gasteiger partial charge in [-0.15, -0.1) is 5.10 Å². The summed E-state index contributed by atoms with van der Waals surface area (Å²) < 4.78 is 13.2. The van der Waals surface area contributed by atoms with Crippen LogP contribution in [-0.2, 0) is 6.54 Å². The molecule has 6 nitrogen and oxygen atoms in total. The zero-order valence-electron chi connectivity index (χ0n) is 6.89. The predicted octanol–water partition coefficient (Wildman–Crippen LogP) is -0.268. The van der Waals surface area contributed by atoms with Gasteiger partial charge in [-0.3, -0.25) is 9.07 Å². The Balaban J connectivity index is 2.64. The van der Waals surface area contributed by atoms with Gasteiger partial charge in [-0.05, 0) is 6.42 Å². The molecule has 1 aromatic heterocycles. The predicted molar refractivity (Wildman–Crippen MR) is 43.1 cm³/mol. The molecule has 0 bridgehead atoms. The maximum absolute atomic E-state index is 11.8. The van der Waals surface area contributed by atoms with Gasteiger partial charge in [-0.25, -0.2) is 4.98 Å². The summed E-state index contributed by atoms with van der Waals surface area (Å²) in [4.78, 5) is 3.75. The summed E-state index contributed by atoms with van der Waals surface area (Å²) in [6, 6.07) is 0.